The first-order chi connectivity index (χ1) is 8.13. The van der Waals surface area contributed by atoms with Crippen LogP contribution in [0.5, 0.6) is 0 Å². The van der Waals surface area contributed by atoms with Gasteiger partial charge in [-0.3, -0.25) is 4.79 Å². The van der Waals surface area contributed by atoms with Crippen molar-refractivity contribution >= 4 is 21.8 Å². The van der Waals surface area contributed by atoms with Crippen LogP contribution in [0.3, 0.4) is 0 Å². The molecule has 3 nitrogen and oxygen atoms in total. The Hall–Kier alpha value is -0.870. The lowest BCUT2D eigenvalue weighted by Crippen LogP contribution is -2.25. The van der Waals surface area contributed by atoms with E-state index in [9.17, 15) is 4.79 Å². The highest BCUT2D eigenvalue weighted by Gasteiger charge is 2.02. The molecular weight excluding hydrogens is 282 g/mol. The number of aliphatic hydroxyl groups excluding tert-OH is 1. The molecule has 0 aliphatic rings. The van der Waals surface area contributed by atoms with Gasteiger partial charge in [-0.15, -0.1) is 0 Å². The molecule has 1 aromatic carbocycles. The first-order valence-electron chi connectivity index (χ1n) is 5.76. The quantitative estimate of drug-likeness (QED) is 0.791. The van der Waals surface area contributed by atoms with E-state index in [1.807, 2.05) is 19.1 Å². The summed E-state index contributed by atoms with van der Waals surface area (Å²) >= 11 is 3.45. The van der Waals surface area contributed by atoms with Crippen LogP contribution >= 0.6 is 15.9 Å². The van der Waals surface area contributed by atoms with Crippen LogP contribution < -0.4 is 5.32 Å². The molecule has 2 N–H and O–H groups in total. The van der Waals surface area contributed by atoms with Crippen molar-refractivity contribution in [3.8, 4) is 0 Å². The molecule has 1 aromatic rings. The van der Waals surface area contributed by atoms with Crippen LogP contribution in [0, 0.1) is 6.92 Å². The van der Waals surface area contributed by atoms with Gasteiger partial charge in [-0.05, 0) is 37.0 Å². The Morgan fingerprint density at radius 2 is 2.24 bits per heavy atom. The summed E-state index contributed by atoms with van der Waals surface area (Å²) in [4.78, 5) is 11.4. The molecule has 0 spiro atoms. The first kappa shape index (κ1) is 14.2. The Kier molecular flexibility index (Phi) is 6.22. The van der Waals surface area contributed by atoms with Crippen molar-refractivity contribution in [2.24, 2.45) is 0 Å². The molecule has 0 bridgehead atoms. The van der Waals surface area contributed by atoms with Gasteiger partial charge in [0.1, 0.15) is 0 Å². The molecule has 4 heteroatoms. The van der Waals surface area contributed by atoms with Gasteiger partial charge in [-0.25, -0.2) is 0 Å². The Bertz CT molecular complexity index is 380. The van der Waals surface area contributed by atoms with Crippen molar-refractivity contribution in [1.82, 2.24) is 5.32 Å². The number of carbonyl (C=O) groups excluding carboxylic acids is 1. The third kappa shape index (κ3) is 5.33. The summed E-state index contributed by atoms with van der Waals surface area (Å²) in [5.41, 5.74) is 2.35. The van der Waals surface area contributed by atoms with Gasteiger partial charge in [0.15, 0.2) is 0 Å². The van der Waals surface area contributed by atoms with E-state index in [2.05, 4.69) is 27.3 Å². The molecular formula is C13H18BrNO2. The largest absolute Gasteiger partial charge is 0.396 e. The van der Waals surface area contributed by atoms with Crippen LogP contribution in [0.2, 0.25) is 0 Å². The van der Waals surface area contributed by atoms with Gasteiger partial charge in [-0.2, -0.15) is 0 Å². The van der Waals surface area contributed by atoms with E-state index in [1.165, 1.54) is 11.1 Å². The van der Waals surface area contributed by atoms with Gasteiger partial charge >= 0.3 is 0 Å². The monoisotopic (exact) mass is 299 g/mol. The summed E-state index contributed by atoms with van der Waals surface area (Å²) in [7, 11) is 0. The zero-order valence-electron chi connectivity index (χ0n) is 10.0. The van der Waals surface area contributed by atoms with Crippen molar-refractivity contribution in [3.05, 3.63) is 33.8 Å². The molecule has 0 aliphatic heterocycles. The summed E-state index contributed by atoms with van der Waals surface area (Å²) in [5, 5.41) is 11.4. The fourth-order valence-electron chi connectivity index (χ4n) is 1.52. The lowest BCUT2D eigenvalue weighted by Gasteiger charge is -2.05. The summed E-state index contributed by atoms with van der Waals surface area (Å²) < 4.78 is 1.09. The van der Waals surface area contributed by atoms with E-state index >= 15 is 0 Å². The van der Waals surface area contributed by atoms with Crippen molar-refractivity contribution in [1.29, 1.82) is 0 Å². The van der Waals surface area contributed by atoms with Crippen molar-refractivity contribution in [3.63, 3.8) is 0 Å². The number of hydrogen-bond acceptors (Lipinski definition) is 2. The zero-order chi connectivity index (χ0) is 12.7. The molecule has 0 atom stereocenters. The maximum Gasteiger partial charge on any atom is 0.220 e. The second-order valence-electron chi connectivity index (χ2n) is 4.01. The minimum absolute atomic E-state index is 0.0408. The van der Waals surface area contributed by atoms with E-state index in [0.717, 1.165) is 10.9 Å². The van der Waals surface area contributed by atoms with E-state index in [0.29, 0.717) is 19.4 Å². The van der Waals surface area contributed by atoms with Gasteiger partial charge in [0.05, 0.1) is 0 Å². The average molecular weight is 300 g/mol. The van der Waals surface area contributed by atoms with Crippen molar-refractivity contribution in [2.45, 2.75) is 26.2 Å². The molecule has 17 heavy (non-hydrogen) atoms. The van der Waals surface area contributed by atoms with E-state index in [-0.39, 0.29) is 12.5 Å². The predicted octanol–water partition coefficient (Wildman–Crippen LogP) is 2.19. The molecule has 0 radical (unpaired) electrons. The Balaban J connectivity index is 2.34. The smallest absolute Gasteiger partial charge is 0.220 e. The highest BCUT2D eigenvalue weighted by molar-refractivity contribution is 9.10. The standard InChI is InChI=1S/C13H18BrNO2/c1-10-9-11(3-5-12(10)14)4-6-13(17)15-7-2-8-16/h3,5,9,16H,2,4,6-8H2,1H3,(H,15,17). The lowest BCUT2D eigenvalue weighted by atomic mass is 10.1. The number of rotatable bonds is 6. The van der Waals surface area contributed by atoms with Gasteiger partial charge < -0.3 is 10.4 Å². The molecule has 0 unspecified atom stereocenters. The molecule has 0 aliphatic carbocycles. The fourth-order valence-corrected chi connectivity index (χ4v) is 1.76. The molecule has 0 heterocycles. The minimum Gasteiger partial charge on any atom is -0.396 e. The number of hydrogen-bond donors (Lipinski definition) is 2. The molecule has 94 valence electrons. The van der Waals surface area contributed by atoms with Crippen molar-refractivity contribution < 1.29 is 9.90 Å². The normalized spacial score (nSPS) is 10.3. The second-order valence-corrected chi connectivity index (χ2v) is 4.86. The Morgan fingerprint density at radius 1 is 1.47 bits per heavy atom. The molecule has 1 amide bonds. The van der Waals surface area contributed by atoms with E-state index in [1.54, 1.807) is 0 Å². The molecule has 0 saturated heterocycles. The van der Waals surface area contributed by atoms with Crippen LogP contribution in [-0.2, 0) is 11.2 Å². The number of benzene rings is 1. The van der Waals surface area contributed by atoms with Crippen LogP contribution in [0.1, 0.15) is 24.0 Å². The highest BCUT2D eigenvalue weighted by Crippen LogP contribution is 2.17. The molecule has 0 fully saturated rings. The van der Waals surface area contributed by atoms with Gasteiger partial charge in [0, 0.05) is 24.0 Å². The van der Waals surface area contributed by atoms with Gasteiger partial charge in [0.25, 0.3) is 0 Å². The van der Waals surface area contributed by atoms with Crippen LogP contribution in [0.15, 0.2) is 22.7 Å². The molecule has 0 aromatic heterocycles. The first-order valence-corrected chi connectivity index (χ1v) is 6.55. The second kappa shape index (κ2) is 7.45. The van der Waals surface area contributed by atoms with Gasteiger partial charge in [0.2, 0.25) is 5.91 Å². The third-order valence-corrected chi connectivity index (χ3v) is 3.41. The van der Waals surface area contributed by atoms with Crippen molar-refractivity contribution in [2.75, 3.05) is 13.2 Å². The highest BCUT2D eigenvalue weighted by atomic mass is 79.9. The summed E-state index contributed by atoms with van der Waals surface area (Å²) in [6.07, 6.45) is 1.86. The minimum atomic E-state index is 0.0408. The number of aliphatic hydroxyl groups is 1. The van der Waals surface area contributed by atoms with E-state index in [4.69, 9.17) is 5.11 Å². The number of aryl methyl sites for hydroxylation is 2. The lowest BCUT2D eigenvalue weighted by molar-refractivity contribution is -0.121. The summed E-state index contributed by atoms with van der Waals surface area (Å²) in [5.74, 6) is 0.0408. The Morgan fingerprint density at radius 3 is 2.88 bits per heavy atom. The maximum absolute atomic E-state index is 11.4. The number of amides is 1. The maximum atomic E-state index is 11.4. The van der Waals surface area contributed by atoms with Crippen LogP contribution in [-0.4, -0.2) is 24.2 Å². The summed E-state index contributed by atoms with van der Waals surface area (Å²) in [6, 6.07) is 6.12. The molecule has 0 saturated carbocycles. The van der Waals surface area contributed by atoms with Crippen LogP contribution in [0.4, 0.5) is 0 Å². The number of halogens is 1. The summed E-state index contributed by atoms with van der Waals surface area (Å²) in [6.45, 7) is 2.70. The predicted molar refractivity (Wildman–Crippen MR) is 71.9 cm³/mol. The fraction of sp³-hybridized carbons (Fsp3) is 0.462. The Labute approximate surface area is 110 Å². The SMILES string of the molecule is Cc1cc(CCC(=O)NCCCO)ccc1Br. The zero-order valence-corrected chi connectivity index (χ0v) is 11.6. The number of carbonyl (C=O) groups is 1. The third-order valence-electron chi connectivity index (χ3n) is 2.52. The van der Waals surface area contributed by atoms with Gasteiger partial charge in [-0.1, -0.05) is 28.1 Å². The van der Waals surface area contributed by atoms with Crippen LogP contribution in [0.25, 0.3) is 0 Å². The molecule has 1 rings (SSSR count). The topological polar surface area (TPSA) is 49.3 Å². The average Bonchev–Trinajstić information content (AvgIpc) is 2.31. The van der Waals surface area contributed by atoms with E-state index < -0.39 is 0 Å². The number of nitrogens with one attached hydrogen (secondary N) is 1.